The minimum Gasteiger partial charge on any atom is -0.461 e. The third-order valence-electron chi connectivity index (χ3n) is 5.41. The van der Waals surface area contributed by atoms with Crippen LogP contribution in [0.2, 0.25) is 0 Å². The second-order valence-corrected chi connectivity index (χ2v) is 7.57. The number of carbonyl (C=O) groups excluding carboxylic acids is 1. The van der Waals surface area contributed by atoms with Crippen molar-refractivity contribution < 1.29 is 13.9 Å². The molecule has 0 aliphatic carbocycles. The zero-order chi connectivity index (χ0) is 19.7. The van der Waals surface area contributed by atoms with Crippen molar-refractivity contribution >= 4 is 17.6 Å². The van der Waals surface area contributed by atoms with Gasteiger partial charge in [-0.15, -0.1) is 0 Å². The molecule has 1 atom stereocenters. The summed E-state index contributed by atoms with van der Waals surface area (Å²) in [5.74, 6) is 1.30. The molecule has 0 radical (unpaired) electrons. The van der Waals surface area contributed by atoms with E-state index in [2.05, 4.69) is 21.7 Å². The van der Waals surface area contributed by atoms with Crippen LogP contribution in [0.15, 0.2) is 24.4 Å². The van der Waals surface area contributed by atoms with E-state index in [9.17, 15) is 9.18 Å². The van der Waals surface area contributed by atoms with E-state index in [1.807, 2.05) is 0 Å². The number of nitrogens with zero attached hydrogens (tertiary/aromatic N) is 4. The van der Waals surface area contributed by atoms with Gasteiger partial charge in [0.1, 0.15) is 23.1 Å². The van der Waals surface area contributed by atoms with Crippen LogP contribution in [0.1, 0.15) is 41.9 Å². The number of aromatic nitrogens is 2. The number of halogens is 1. The first-order chi connectivity index (χ1) is 13.5. The van der Waals surface area contributed by atoms with Gasteiger partial charge in [-0.3, -0.25) is 0 Å². The van der Waals surface area contributed by atoms with Crippen LogP contribution < -0.4 is 9.80 Å². The average Bonchev–Trinajstić information content (AvgIpc) is 3.13. The average molecular weight is 384 g/mol. The van der Waals surface area contributed by atoms with Crippen LogP contribution in [0.25, 0.3) is 0 Å². The first-order valence-electron chi connectivity index (χ1n) is 9.86. The van der Waals surface area contributed by atoms with Gasteiger partial charge < -0.3 is 14.5 Å². The van der Waals surface area contributed by atoms with Crippen molar-refractivity contribution in [3.05, 3.63) is 47.0 Å². The van der Waals surface area contributed by atoms with Crippen LogP contribution in [0.4, 0.5) is 16.0 Å². The van der Waals surface area contributed by atoms with Crippen molar-refractivity contribution in [2.75, 3.05) is 36.0 Å². The molecule has 6 nitrogen and oxygen atoms in total. The summed E-state index contributed by atoms with van der Waals surface area (Å²) >= 11 is 0. The summed E-state index contributed by atoms with van der Waals surface area (Å²) < 4.78 is 19.3. The molecule has 4 rings (SSSR count). The molecule has 0 spiro atoms. The molecule has 2 aromatic heterocycles. The number of rotatable bonds is 4. The highest BCUT2D eigenvalue weighted by Gasteiger charge is 2.24. The maximum Gasteiger partial charge on any atom is 0.356 e. The molecule has 1 unspecified atom stereocenters. The predicted octanol–water partition coefficient (Wildman–Crippen LogP) is 3.20. The van der Waals surface area contributed by atoms with Crippen LogP contribution in [0.5, 0.6) is 0 Å². The van der Waals surface area contributed by atoms with Crippen LogP contribution in [0.3, 0.4) is 0 Å². The largest absolute Gasteiger partial charge is 0.461 e. The first kappa shape index (κ1) is 18.7. The molecule has 0 amide bonds. The van der Waals surface area contributed by atoms with Crippen molar-refractivity contribution in [2.24, 2.45) is 5.92 Å². The lowest BCUT2D eigenvalue weighted by atomic mass is 10.0. The number of anilines is 2. The van der Waals surface area contributed by atoms with E-state index in [0.29, 0.717) is 42.9 Å². The number of carbonyl (C=O) groups is 1. The van der Waals surface area contributed by atoms with Crippen molar-refractivity contribution in [1.29, 1.82) is 0 Å². The van der Waals surface area contributed by atoms with E-state index in [1.165, 1.54) is 12.1 Å². The molecule has 1 fully saturated rings. The summed E-state index contributed by atoms with van der Waals surface area (Å²) in [6.07, 6.45) is 3.58. The minimum absolute atomic E-state index is 0.263. The number of fused-ring (bicyclic) bond motifs is 1. The Kier molecular flexibility index (Phi) is 5.15. The molecule has 0 saturated carbocycles. The maximum atomic E-state index is 14.3. The first-order valence-corrected chi connectivity index (χ1v) is 9.86. The summed E-state index contributed by atoms with van der Waals surface area (Å²) in [7, 11) is 0. The van der Waals surface area contributed by atoms with Gasteiger partial charge in [0, 0.05) is 44.5 Å². The molecule has 1 saturated heterocycles. The Morgan fingerprint density at radius 2 is 2.00 bits per heavy atom. The Morgan fingerprint density at radius 3 is 2.71 bits per heavy atom. The number of pyridine rings is 2. The standard InChI is InChI=1S/C21H25FN4O2/c1-3-28-21(27)18-8-15-5-7-26(13-16(15)11-23-18)20-10-17(22)9-19(24-20)25-6-4-14(2)12-25/h8-11,14H,3-7,12-13H2,1-2H3. The molecule has 4 heterocycles. The fourth-order valence-corrected chi connectivity index (χ4v) is 3.89. The summed E-state index contributed by atoms with van der Waals surface area (Å²) in [5.41, 5.74) is 2.45. The zero-order valence-corrected chi connectivity index (χ0v) is 16.3. The lowest BCUT2D eigenvalue weighted by Gasteiger charge is -2.30. The summed E-state index contributed by atoms with van der Waals surface area (Å²) in [6, 6.07) is 4.82. The number of hydrogen-bond donors (Lipinski definition) is 0. The lowest BCUT2D eigenvalue weighted by molar-refractivity contribution is 0.0519. The van der Waals surface area contributed by atoms with Gasteiger partial charge in [0.25, 0.3) is 0 Å². The zero-order valence-electron chi connectivity index (χ0n) is 16.3. The van der Waals surface area contributed by atoms with Crippen LogP contribution in [-0.2, 0) is 17.7 Å². The second-order valence-electron chi connectivity index (χ2n) is 7.57. The molecule has 7 heteroatoms. The third-order valence-corrected chi connectivity index (χ3v) is 5.41. The highest BCUT2D eigenvalue weighted by atomic mass is 19.1. The maximum absolute atomic E-state index is 14.3. The molecule has 2 aliphatic rings. The monoisotopic (exact) mass is 384 g/mol. The molecule has 0 bridgehead atoms. The van der Waals surface area contributed by atoms with Crippen molar-refractivity contribution in [3.63, 3.8) is 0 Å². The molecule has 0 N–H and O–H groups in total. The Balaban J connectivity index is 1.54. The van der Waals surface area contributed by atoms with Gasteiger partial charge in [-0.25, -0.2) is 19.2 Å². The number of esters is 1. The molecule has 2 aliphatic heterocycles. The van der Waals surface area contributed by atoms with E-state index in [4.69, 9.17) is 9.72 Å². The molecule has 28 heavy (non-hydrogen) atoms. The van der Waals surface area contributed by atoms with Crippen LogP contribution in [0, 0.1) is 11.7 Å². The fourth-order valence-electron chi connectivity index (χ4n) is 3.89. The van der Waals surface area contributed by atoms with E-state index in [0.717, 1.165) is 37.1 Å². The Hall–Kier alpha value is -2.70. The van der Waals surface area contributed by atoms with Crippen molar-refractivity contribution in [2.45, 2.75) is 33.2 Å². The molecule has 0 aromatic carbocycles. The number of hydrogen-bond acceptors (Lipinski definition) is 6. The highest BCUT2D eigenvalue weighted by molar-refractivity contribution is 5.87. The van der Waals surface area contributed by atoms with Gasteiger partial charge in [0.2, 0.25) is 0 Å². The van der Waals surface area contributed by atoms with Crippen molar-refractivity contribution in [3.8, 4) is 0 Å². The Bertz CT molecular complexity index is 889. The van der Waals surface area contributed by atoms with E-state index >= 15 is 0 Å². The number of ether oxygens (including phenoxy) is 1. The minimum atomic E-state index is -0.399. The van der Waals surface area contributed by atoms with Crippen LogP contribution in [-0.4, -0.2) is 42.2 Å². The van der Waals surface area contributed by atoms with Gasteiger partial charge in [0.05, 0.1) is 6.61 Å². The van der Waals surface area contributed by atoms with E-state index in [1.54, 1.807) is 19.2 Å². The van der Waals surface area contributed by atoms with Crippen molar-refractivity contribution in [1.82, 2.24) is 9.97 Å². The smallest absolute Gasteiger partial charge is 0.356 e. The van der Waals surface area contributed by atoms with Gasteiger partial charge in [0.15, 0.2) is 0 Å². The molecular weight excluding hydrogens is 359 g/mol. The Labute approximate surface area is 164 Å². The predicted molar refractivity (Wildman–Crippen MR) is 105 cm³/mol. The molecular formula is C21H25FN4O2. The topological polar surface area (TPSA) is 58.6 Å². The summed E-state index contributed by atoms with van der Waals surface area (Å²) in [6.45, 7) is 7.45. The SMILES string of the molecule is CCOC(=O)c1cc2c(cn1)CN(c1cc(F)cc(N3CCC(C)C3)n1)CC2. The summed E-state index contributed by atoms with van der Waals surface area (Å²) in [4.78, 5) is 25.1. The van der Waals surface area contributed by atoms with Gasteiger partial charge in [-0.1, -0.05) is 6.92 Å². The van der Waals surface area contributed by atoms with Gasteiger partial charge >= 0.3 is 5.97 Å². The van der Waals surface area contributed by atoms with Gasteiger partial charge in [-0.05, 0) is 42.9 Å². The van der Waals surface area contributed by atoms with Gasteiger partial charge in [-0.2, -0.15) is 0 Å². The fraction of sp³-hybridized carbons (Fsp3) is 0.476. The lowest BCUT2D eigenvalue weighted by Crippen LogP contribution is -2.32. The van der Waals surface area contributed by atoms with E-state index < -0.39 is 5.97 Å². The summed E-state index contributed by atoms with van der Waals surface area (Å²) in [5, 5.41) is 0. The molecule has 2 aromatic rings. The van der Waals surface area contributed by atoms with E-state index in [-0.39, 0.29) is 5.82 Å². The second kappa shape index (κ2) is 7.73. The quantitative estimate of drug-likeness (QED) is 0.755. The molecule has 148 valence electrons. The third kappa shape index (κ3) is 3.79. The normalized spacial score (nSPS) is 18.9. The Morgan fingerprint density at radius 1 is 1.21 bits per heavy atom. The highest BCUT2D eigenvalue weighted by Crippen LogP contribution is 2.28. The van der Waals surface area contributed by atoms with Crippen LogP contribution >= 0.6 is 0 Å².